The summed E-state index contributed by atoms with van der Waals surface area (Å²) >= 11 is 0. The highest BCUT2D eigenvalue weighted by atomic mass is 32.2. The minimum Gasteiger partial charge on any atom is -0.255 e. The molecule has 3 aromatic carbocycles. The van der Waals surface area contributed by atoms with Gasteiger partial charge in [-0.2, -0.15) is 18.3 Å². The molecule has 0 radical (unpaired) electrons. The quantitative estimate of drug-likeness (QED) is 0.383. The van der Waals surface area contributed by atoms with E-state index in [1.54, 1.807) is 30.3 Å². The molecular formula is C24H19F4N3O2S. The van der Waals surface area contributed by atoms with E-state index >= 15 is 0 Å². The standard InChI is InChI=1S/C24H19F4N3O2S/c1-15-7-8-18(13-20(15)25)21-22(17-9-11-19(12-10-17)34(29,32)33)30-31(23(21)24(26,27)28)14-16-5-3-2-4-6-16/h2-13H,14H2,1H3,(H2,29,32,33). The fraction of sp³-hybridized carbons (Fsp3) is 0.125. The van der Waals surface area contributed by atoms with Crippen molar-refractivity contribution >= 4 is 10.0 Å². The van der Waals surface area contributed by atoms with E-state index in [4.69, 9.17) is 5.14 Å². The van der Waals surface area contributed by atoms with E-state index in [1.807, 2.05) is 0 Å². The smallest absolute Gasteiger partial charge is 0.255 e. The topological polar surface area (TPSA) is 78.0 Å². The van der Waals surface area contributed by atoms with E-state index in [0.717, 1.165) is 10.7 Å². The summed E-state index contributed by atoms with van der Waals surface area (Å²) in [5, 5.41) is 9.39. The summed E-state index contributed by atoms with van der Waals surface area (Å²) in [6.07, 6.45) is -4.81. The van der Waals surface area contributed by atoms with Crippen LogP contribution in [0.4, 0.5) is 17.6 Å². The molecule has 2 N–H and O–H groups in total. The van der Waals surface area contributed by atoms with Crippen molar-refractivity contribution in [3.05, 3.63) is 95.4 Å². The molecule has 34 heavy (non-hydrogen) atoms. The second kappa shape index (κ2) is 8.69. The zero-order valence-electron chi connectivity index (χ0n) is 17.8. The van der Waals surface area contributed by atoms with Crippen LogP contribution in [-0.4, -0.2) is 18.2 Å². The van der Waals surface area contributed by atoms with Gasteiger partial charge in [0, 0.05) is 11.1 Å². The first-order chi connectivity index (χ1) is 15.9. The lowest BCUT2D eigenvalue weighted by Gasteiger charge is -2.14. The molecule has 0 saturated carbocycles. The number of aromatic nitrogens is 2. The summed E-state index contributed by atoms with van der Waals surface area (Å²) in [5.74, 6) is -0.656. The number of aryl methyl sites for hydroxylation is 1. The Kier molecular flexibility index (Phi) is 6.05. The molecule has 0 aliphatic carbocycles. The van der Waals surface area contributed by atoms with Crippen molar-refractivity contribution in [3.8, 4) is 22.4 Å². The van der Waals surface area contributed by atoms with Gasteiger partial charge in [-0.25, -0.2) is 17.9 Å². The van der Waals surface area contributed by atoms with Gasteiger partial charge in [-0.15, -0.1) is 0 Å². The van der Waals surface area contributed by atoms with Crippen LogP contribution in [0.1, 0.15) is 16.8 Å². The van der Waals surface area contributed by atoms with Gasteiger partial charge in [0.1, 0.15) is 11.5 Å². The second-order valence-electron chi connectivity index (χ2n) is 7.75. The highest BCUT2D eigenvalue weighted by molar-refractivity contribution is 7.89. The summed E-state index contributed by atoms with van der Waals surface area (Å²) in [6, 6.07) is 17.4. The van der Waals surface area contributed by atoms with E-state index < -0.39 is 27.7 Å². The molecule has 0 aliphatic rings. The average molecular weight is 489 g/mol. The largest absolute Gasteiger partial charge is 0.433 e. The average Bonchev–Trinajstić information content (AvgIpc) is 3.15. The van der Waals surface area contributed by atoms with E-state index in [-0.39, 0.29) is 39.4 Å². The number of alkyl halides is 3. The molecule has 4 aromatic rings. The first-order valence-electron chi connectivity index (χ1n) is 10.1. The van der Waals surface area contributed by atoms with E-state index in [1.165, 1.54) is 43.3 Å². The normalized spacial score (nSPS) is 12.2. The predicted molar refractivity (Wildman–Crippen MR) is 120 cm³/mol. The van der Waals surface area contributed by atoms with Crippen molar-refractivity contribution in [2.45, 2.75) is 24.5 Å². The van der Waals surface area contributed by atoms with Crippen LogP contribution >= 0.6 is 0 Å². The molecule has 0 spiro atoms. The monoisotopic (exact) mass is 489 g/mol. The molecule has 176 valence electrons. The third kappa shape index (κ3) is 4.73. The van der Waals surface area contributed by atoms with E-state index in [0.29, 0.717) is 5.56 Å². The Bertz CT molecular complexity index is 1450. The van der Waals surface area contributed by atoms with Crippen molar-refractivity contribution in [2.75, 3.05) is 0 Å². The van der Waals surface area contributed by atoms with Gasteiger partial charge < -0.3 is 0 Å². The first kappa shape index (κ1) is 23.7. The zero-order valence-corrected chi connectivity index (χ0v) is 18.7. The molecule has 0 unspecified atom stereocenters. The van der Waals surface area contributed by atoms with Crippen molar-refractivity contribution in [2.24, 2.45) is 5.14 Å². The molecule has 1 heterocycles. The van der Waals surface area contributed by atoms with Gasteiger partial charge in [-0.05, 0) is 41.8 Å². The van der Waals surface area contributed by atoms with E-state index in [2.05, 4.69) is 5.10 Å². The van der Waals surface area contributed by atoms with Crippen LogP contribution in [0.15, 0.2) is 77.7 Å². The van der Waals surface area contributed by atoms with Gasteiger partial charge in [0.2, 0.25) is 10.0 Å². The van der Waals surface area contributed by atoms with E-state index in [9.17, 15) is 26.0 Å². The molecule has 0 atom stereocenters. The number of nitrogens with two attached hydrogens (primary N) is 1. The molecule has 0 aliphatic heterocycles. The van der Waals surface area contributed by atoms with Crippen LogP contribution in [0, 0.1) is 12.7 Å². The molecule has 0 bridgehead atoms. The van der Waals surface area contributed by atoms with Crippen LogP contribution in [0.3, 0.4) is 0 Å². The third-order valence-corrected chi connectivity index (χ3v) is 6.24. The van der Waals surface area contributed by atoms with Crippen molar-refractivity contribution < 1.29 is 26.0 Å². The van der Waals surface area contributed by atoms with Crippen molar-refractivity contribution in [3.63, 3.8) is 0 Å². The van der Waals surface area contributed by atoms with Gasteiger partial charge >= 0.3 is 6.18 Å². The Morgan fingerprint density at radius 1 is 0.941 bits per heavy atom. The maximum absolute atomic E-state index is 14.4. The van der Waals surface area contributed by atoms with Crippen LogP contribution in [0.25, 0.3) is 22.4 Å². The Labute approximate surface area is 193 Å². The Hall–Kier alpha value is -3.50. The Morgan fingerprint density at radius 2 is 1.56 bits per heavy atom. The third-order valence-electron chi connectivity index (χ3n) is 5.31. The SMILES string of the molecule is Cc1ccc(-c2c(-c3ccc(S(N)(=O)=O)cc3)nn(Cc3ccccc3)c2C(F)(F)F)cc1F. The van der Waals surface area contributed by atoms with Crippen molar-refractivity contribution in [1.29, 1.82) is 0 Å². The molecule has 10 heteroatoms. The minimum absolute atomic E-state index is 0.000240. The summed E-state index contributed by atoms with van der Waals surface area (Å²) in [7, 11) is -4.00. The lowest BCUT2D eigenvalue weighted by atomic mass is 9.97. The summed E-state index contributed by atoms with van der Waals surface area (Å²) in [4.78, 5) is -0.195. The van der Waals surface area contributed by atoms with Gasteiger partial charge in [-0.3, -0.25) is 4.68 Å². The Morgan fingerprint density at radius 3 is 2.12 bits per heavy atom. The molecule has 5 nitrogen and oxygen atoms in total. The number of benzene rings is 3. The van der Waals surface area contributed by atoms with Crippen LogP contribution in [-0.2, 0) is 22.7 Å². The second-order valence-corrected chi connectivity index (χ2v) is 9.31. The number of hydrogen-bond donors (Lipinski definition) is 1. The molecule has 0 amide bonds. The number of primary sulfonamides is 1. The molecular weight excluding hydrogens is 470 g/mol. The predicted octanol–water partition coefficient (Wildman–Crippen LogP) is 5.38. The first-order valence-corrected chi connectivity index (χ1v) is 11.6. The number of halogens is 4. The fourth-order valence-electron chi connectivity index (χ4n) is 3.65. The molecule has 0 fully saturated rings. The van der Waals surface area contributed by atoms with Crippen molar-refractivity contribution in [1.82, 2.24) is 9.78 Å². The van der Waals surface area contributed by atoms with Gasteiger partial charge in [0.15, 0.2) is 5.69 Å². The fourth-order valence-corrected chi connectivity index (χ4v) is 4.16. The van der Waals surface area contributed by atoms with Crippen LogP contribution < -0.4 is 5.14 Å². The minimum atomic E-state index is -4.81. The molecule has 1 aromatic heterocycles. The molecule has 0 saturated heterocycles. The highest BCUT2D eigenvalue weighted by Crippen LogP contribution is 2.43. The Balaban J connectivity index is 1.99. The maximum Gasteiger partial charge on any atom is 0.433 e. The number of nitrogens with zero attached hydrogens (tertiary/aromatic N) is 2. The number of hydrogen-bond acceptors (Lipinski definition) is 3. The summed E-state index contributed by atoms with van der Waals surface area (Å²) < 4.78 is 81.5. The van der Waals surface area contributed by atoms with Gasteiger partial charge in [0.05, 0.1) is 11.4 Å². The van der Waals surface area contributed by atoms with Gasteiger partial charge in [0.25, 0.3) is 0 Å². The highest BCUT2D eigenvalue weighted by Gasteiger charge is 2.40. The summed E-state index contributed by atoms with van der Waals surface area (Å²) in [5.41, 5.74) is -0.300. The van der Waals surface area contributed by atoms with Crippen LogP contribution in [0.5, 0.6) is 0 Å². The number of rotatable bonds is 5. The zero-order chi connectivity index (χ0) is 24.7. The summed E-state index contributed by atoms with van der Waals surface area (Å²) in [6.45, 7) is 1.34. The van der Waals surface area contributed by atoms with Gasteiger partial charge in [-0.1, -0.05) is 54.6 Å². The lowest BCUT2D eigenvalue weighted by Crippen LogP contribution is -2.16. The maximum atomic E-state index is 14.4. The lowest BCUT2D eigenvalue weighted by molar-refractivity contribution is -0.143. The van der Waals surface area contributed by atoms with Crippen LogP contribution in [0.2, 0.25) is 0 Å². The number of sulfonamides is 1. The molecule has 4 rings (SSSR count).